The highest BCUT2D eigenvalue weighted by Crippen LogP contribution is 2.31. The maximum Gasteiger partial charge on any atom is 0.258 e. The van der Waals surface area contributed by atoms with Crippen LogP contribution in [0.2, 0.25) is 0 Å². The summed E-state index contributed by atoms with van der Waals surface area (Å²) in [6, 6.07) is 5.37. The van der Waals surface area contributed by atoms with Crippen LogP contribution in [0.4, 0.5) is 0 Å². The van der Waals surface area contributed by atoms with Gasteiger partial charge >= 0.3 is 0 Å². The fraction of sp³-hybridized carbons (Fsp3) is 0.562. The summed E-state index contributed by atoms with van der Waals surface area (Å²) in [7, 11) is 0. The van der Waals surface area contributed by atoms with E-state index in [1.807, 2.05) is 27.7 Å². The first kappa shape index (κ1) is 17.3. The second-order valence-corrected chi connectivity index (χ2v) is 5.22. The number of rotatable bonds is 8. The molecule has 0 spiro atoms. The Kier molecular flexibility index (Phi) is 7.02. The van der Waals surface area contributed by atoms with Gasteiger partial charge in [-0.1, -0.05) is 26.0 Å². The molecule has 21 heavy (non-hydrogen) atoms. The molecule has 0 aliphatic carbocycles. The molecule has 0 saturated heterocycles. The normalized spacial score (nSPS) is 12.1. The monoisotopic (exact) mass is 295 g/mol. The molecule has 0 aliphatic rings. The van der Waals surface area contributed by atoms with Crippen molar-refractivity contribution in [2.75, 3.05) is 13.2 Å². The summed E-state index contributed by atoms with van der Waals surface area (Å²) < 4.78 is 11.0. The minimum atomic E-state index is -0.189. The minimum Gasteiger partial charge on any atom is -0.490 e. The van der Waals surface area contributed by atoms with Gasteiger partial charge in [-0.2, -0.15) is 0 Å². The molecule has 1 unspecified atom stereocenters. The maximum absolute atomic E-state index is 11.9. The van der Waals surface area contributed by atoms with Gasteiger partial charge in [0.1, 0.15) is 0 Å². The summed E-state index contributed by atoms with van der Waals surface area (Å²) in [5.74, 6) is 1.13. The van der Waals surface area contributed by atoms with E-state index in [1.54, 1.807) is 18.2 Å². The average Bonchev–Trinajstić information content (AvgIpc) is 2.45. The summed E-state index contributed by atoms with van der Waals surface area (Å²) in [4.78, 5) is 11.9. The molecule has 1 atom stereocenters. The lowest BCUT2D eigenvalue weighted by Crippen LogP contribution is -2.39. The van der Waals surface area contributed by atoms with E-state index in [0.29, 0.717) is 29.6 Å². The van der Waals surface area contributed by atoms with Crippen LogP contribution in [-0.4, -0.2) is 30.3 Å². The van der Waals surface area contributed by atoms with E-state index in [0.717, 1.165) is 0 Å². The average molecular weight is 295 g/mol. The zero-order valence-corrected chi connectivity index (χ0v) is 13.2. The fourth-order valence-electron chi connectivity index (χ4n) is 1.72. The molecule has 2 N–H and O–H groups in total. The smallest absolute Gasteiger partial charge is 0.258 e. The molecule has 0 saturated carbocycles. The van der Waals surface area contributed by atoms with E-state index >= 15 is 0 Å². The Morgan fingerprint density at radius 1 is 1.29 bits per heavy atom. The number of hydrogen-bond donors (Lipinski definition) is 2. The van der Waals surface area contributed by atoms with Crippen molar-refractivity contribution >= 4 is 5.91 Å². The molecular weight excluding hydrogens is 270 g/mol. The van der Waals surface area contributed by atoms with Crippen LogP contribution in [0.3, 0.4) is 0 Å². The van der Waals surface area contributed by atoms with Crippen molar-refractivity contribution < 1.29 is 19.4 Å². The predicted octanol–water partition coefficient (Wildman–Crippen LogP) is 2.12. The van der Waals surface area contributed by atoms with Crippen LogP contribution in [-0.2, 0) is 11.4 Å². The van der Waals surface area contributed by atoms with Crippen molar-refractivity contribution in [3.05, 3.63) is 23.8 Å². The third kappa shape index (κ3) is 5.27. The zero-order chi connectivity index (χ0) is 15.8. The van der Waals surface area contributed by atoms with Crippen molar-refractivity contribution in [2.45, 2.75) is 40.3 Å². The largest absolute Gasteiger partial charge is 0.490 e. The molecule has 118 valence electrons. The first-order chi connectivity index (χ1) is 9.99. The Hall–Kier alpha value is -1.75. The van der Waals surface area contributed by atoms with Crippen LogP contribution in [0.25, 0.3) is 0 Å². The third-order valence-corrected chi connectivity index (χ3v) is 3.27. The van der Waals surface area contributed by atoms with Gasteiger partial charge in [-0.15, -0.1) is 0 Å². The number of amides is 1. The number of nitrogens with one attached hydrogen (secondary N) is 1. The van der Waals surface area contributed by atoms with Crippen molar-refractivity contribution in [1.29, 1.82) is 0 Å². The maximum atomic E-state index is 11.9. The van der Waals surface area contributed by atoms with E-state index in [-0.39, 0.29) is 25.2 Å². The van der Waals surface area contributed by atoms with Gasteiger partial charge in [-0.25, -0.2) is 0 Å². The highest BCUT2D eigenvalue weighted by Gasteiger charge is 2.14. The van der Waals surface area contributed by atoms with Crippen LogP contribution < -0.4 is 14.8 Å². The standard InChI is InChI=1S/C16H25NO4/c1-5-20-14-8-6-7-13(9-18)16(14)21-10-15(19)17-12(4)11(2)3/h6-8,11-12,18H,5,9-10H2,1-4H3,(H,17,19). The van der Waals surface area contributed by atoms with Crippen molar-refractivity contribution in [3.63, 3.8) is 0 Å². The minimum absolute atomic E-state index is 0.0838. The highest BCUT2D eigenvalue weighted by atomic mass is 16.5. The van der Waals surface area contributed by atoms with Crippen molar-refractivity contribution in [2.24, 2.45) is 5.92 Å². The Bertz CT molecular complexity index is 460. The number of hydrogen-bond acceptors (Lipinski definition) is 4. The molecule has 1 aromatic rings. The summed E-state index contributed by atoms with van der Waals surface area (Å²) in [5.41, 5.74) is 0.602. The van der Waals surface area contributed by atoms with Crippen molar-refractivity contribution in [3.8, 4) is 11.5 Å². The third-order valence-electron chi connectivity index (χ3n) is 3.27. The number of carbonyl (C=O) groups excluding carboxylic acids is 1. The molecule has 5 nitrogen and oxygen atoms in total. The second-order valence-electron chi connectivity index (χ2n) is 5.22. The number of para-hydroxylation sites is 1. The molecule has 0 radical (unpaired) electrons. The molecule has 0 heterocycles. The number of carbonyl (C=O) groups is 1. The van der Waals surface area contributed by atoms with E-state index < -0.39 is 0 Å². The van der Waals surface area contributed by atoms with Crippen LogP contribution in [0, 0.1) is 5.92 Å². The molecular formula is C16H25NO4. The van der Waals surface area contributed by atoms with E-state index in [1.165, 1.54) is 0 Å². The van der Waals surface area contributed by atoms with Gasteiger partial charge in [-0.05, 0) is 25.8 Å². The predicted molar refractivity (Wildman–Crippen MR) is 81.5 cm³/mol. The Labute approximate surface area is 126 Å². The lowest BCUT2D eigenvalue weighted by Gasteiger charge is -2.19. The van der Waals surface area contributed by atoms with Crippen molar-refractivity contribution in [1.82, 2.24) is 5.32 Å². The van der Waals surface area contributed by atoms with E-state index in [4.69, 9.17) is 9.47 Å². The quantitative estimate of drug-likeness (QED) is 0.771. The van der Waals surface area contributed by atoms with Crippen LogP contribution in [0.5, 0.6) is 11.5 Å². The summed E-state index contributed by atoms with van der Waals surface area (Å²) in [6.07, 6.45) is 0. The Balaban J connectivity index is 2.71. The van der Waals surface area contributed by atoms with Crippen LogP contribution in [0.15, 0.2) is 18.2 Å². The molecule has 5 heteroatoms. The van der Waals surface area contributed by atoms with Gasteiger partial charge < -0.3 is 19.9 Å². The van der Waals surface area contributed by atoms with Crippen LogP contribution in [0.1, 0.15) is 33.3 Å². The molecule has 0 fully saturated rings. The van der Waals surface area contributed by atoms with E-state index in [2.05, 4.69) is 5.32 Å². The molecule has 1 rings (SSSR count). The highest BCUT2D eigenvalue weighted by molar-refractivity contribution is 5.78. The fourth-order valence-corrected chi connectivity index (χ4v) is 1.72. The summed E-state index contributed by atoms with van der Waals surface area (Å²) >= 11 is 0. The lowest BCUT2D eigenvalue weighted by molar-refractivity contribution is -0.124. The first-order valence-electron chi connectivity index (χ1n) is 7.27. The lowest BCUT2D eigenvalue weighted by atomic mass is 10.1. The molecule has 0 aromatic heterocycles. The Morgan fingerprint density at radius 2 is 2.00 bits per heavy atom. The number of aliphatic hydroxyl groups is 1. The van der Waals surface area contributed by atoms with Gasteiger partial charge in [0.2, 0.25) is 0 Å². The van der Waals surface area contributed by atoms with Crippen LogP contribution >= 0.6 is 0 Å². The van der Waals surface area contributed by atoms with Gasteiger partial charge in [0, 0.05) is 11.6 Å². The zero-order valence-electron chi connectivity index (χ0n) is 13.2. The second kappa shape index (κ2) is 8.52. The Morgan fingerprint density at radius 3 is 2.57 bits per heavy atom. The molecule has 1 aromatic carbocycles. The molecule has 0 bridgehead atoms. The van der Waals surface area contributed by atoms with E-state index in [9.17, 15) is 9.90 Å². The number of benzene rings is 1. The van der Waals surface area contributed by atoms with Gasteiger partial charge in [0.15, 0.2) is 18.1 Å². The SMILES string of the molecule is CCOc1cccc(CO)c1OCC(=O)NC(C)C(C)C. The first-order valence-corrected chi connectivity index (χ1v) is 7.27. The topological polar surface area (TPSA) is 67.8 Å². The number of aliphatic hydroxyl groups excluding tert-OH is 1. The summed E-state index contributed by atoms with van der Waals surface area (Å²) in [5, 5.41) is 12.2. The number of ether oxygens (including phenoxy) is 2. The van der Waals surface area contributed by atoms with Gasteiger partial charge in [0.05, 0.1) is 13.2 Å². The molecule has 1 amide bonds. The van der Waals surface area contributed by atoms with Gasteiger partial charge in [0.25, 0.3) is 5.91 Å². The summed E-state index contributed by atoms with van der Waals surface area (Å²) in [6.45, 7) is 8.12. The van der Waals surface area contributed by atoms with Gasteiger partial charge in [-0.3, -0.25) is 4.79 Å². The molecule has 0 aliphatic heterocycles.